The van der Waals surface area contributed by atoms with E-state index < -0.39 is 0 Å². The largest absolute Gasteiger partial charge is 0.494 e. The normalized spacial score (nSPS) is 11.0. The van der Waals surface area contributed by atoms with Crippen molar-refractivity contribution in [2.24, 2.45) is 0 Å². The van der Waals surface area contributed by atoms with E-state index in [-0.39, 0.29) is 0 Å². The Labute approximate surface area is 605 Å². The fourth-order valence-corrected chi connectivity index (χ4v) is 15.5. The molecule has 0 bridgehead atoms. The Morgan fingerprint density at radius 3 is 1.15 bits per heavy atom. The molecule has 0 aliphatic heterocycles. The van der Waals surface area contributed by atoms with Gasteiger partial charge in [0.2, 0.25) is 0 Å². The van der Waals surface area contributed by atoms with Gasteiger partial charge in [0.15, 0.2) is 0 Å². The van der Waals surface area contributed by atoms with Crippen LogP contribution in [0, 0.1) is 73.7 Å². The van der Waals surface area contributed by atoms with Crippen molar-refractivity contribution in [2.75, 3.05) is 6.61 Å². The lowest BCUT2D eigenvalue weighted by Gasteiger charge is -2.25. The highest BCUT2D eigenvalue weighted by Gasteiger charge is 2.27. The molecule has 0 N–H and O–H groups in total. The van der Waals surface area contributed by atoms with Crippen molar-refractivity contribution >= 4 is 64.6 Å². The predicted octanol–water partition coefficient (Wildman–Crippen LogP) is 27.0. The zero-order valence-electron chi connectivity index (χ0n) is 60.1. The number of hydrogen-bond acceptors (Lipinski definition) is 2. The van der Waals surface area contributed by atoms with E-state index in [1.165, 1.54) is 222 Å². The van der Waals surface area contributed by atoms with Crippen LogP contribution in [0.15, 0.2) is 218 Å². The summed E-state index contributed by atoms with van der Waals surface area (Å²) in [5.41, 5.74) is 20.2. The number of hydrogen-bond donors (Lipinski definition) is 0. The van der Waals surface area contributed by atoms with Crippen molar-refractivity contribution in [1.82, 2.24) is 0 Å². The molecule has 2 heteroatoms. The Morgan fingerprint density at radius 2 is 0.637 bits per heavy atom. The van der Waals surface area contributed by atoms with Gasteiger partial charge in [-0.05, 0) is 242 Å². The zero-order valence-corrected chi connectivity index (χ0v) is 60.1. The summed E-state index contributed by atoms with van der Waals surface area (Å²) < 4.78 is 12.3. The van der Waals surface area contributed by atoms with Gasteiger partial charge in [-0.3, -0.25) is 0 Å². The third-order valence-electron chi connectivity index (χ3n) is 20.4. The Morgan fingerprint density at radius 1 is 0.284 bits per heavy atom. The molecule has 0 heterocycles. The molecule has 2 nitrogen and oxygen atoms in total. The van der Waals surface area contributed by atoms with Crippen LogP contribution in [0.25, 0.3) is 131 Å². The molecule has 0 amide bonds. The van der Waals surface area contributed by atoms with Crippen LogP contribution in [0.4, 0.5) is 0 Å². The summed E-state index contributed by atoms with van der Waals surface area (Å²) in [4.78, 5) is 0. The molecule has 0 aliphatic rings. The van der Waals surface area contributed by atoms with Gasteiger partial charge in [-0.15, -0.1) is 6.42 Å². The maximum atomic E-state index is 6.44. The lowest BCUT2D eigenvalue weighted by Crippen LogP contribution is -1.98. The molecular weight excluding hydrogens is 1230 g/mol. The maximum absolute atomic E-state index is 6.44. The molecule has 0 aliphatic carbocycles. The van der Waals surface area contributed by atoms with Crippen LogP contribution in [-0.4, -0.2) is 6.61 Å². The first-order chi connectivity index (χ1) is 50.3. The average molecular weight is 1320 g/mol. The monoisotopic (exact) mass is 1320 g/mol. The highest BCUT2D eigenvalue weighted by molar-refractivity contribution is 6.33. The van der Waals surface area contributed by atoms with Gasteiger partial charge in [0.1, 0.15) is 17.6 Å². The Hall–Kier alpha value is -11.2. The first-order valence-electron chi connectivity index (χ1n) is 37.4. The second kappa shape index (κ2) is 33.8. The van der Waals surface area contributed by atoms with Crippen molar-refractivity contribution in [2.45, 2.75) is 150 Å². The van der Waals surface area contributed by atoms with Crippen molar-refractivity contribution < 1.29 is 9.47 Å². The summed E-state index contributed by atoms with van der Waals surface area (Å²) in [6.07, 6.45) is 30.0. The Bertz CT molecular complexity index is 5420. The molecule has 0 radical (unpaired) electrons. The van der Waals surface area contributed by atoms with Gasteiger partial charge in [0.25, 0.3) is 0 Å². The van der Waals surface area contributed by atoms with E-state index in [2.05, 4.69) is 294 Å². The molecular formula is C100H90O2. The van der Waals surface area contributed by atoms with Gasteiger partial charge >= 0.3 is 0 Å². The first-order valence-corrected chi connectivity index (χ1v) is 37.4. The quantitative estimate of drug-likeness (QED) is 0.0290. The van der Waals surface area contributed by atoms with Gasteiger partial charge < -0.3 is 9.47 Å². The third kappa shape index (κ3) is 15.4. The minimum atomic E-state index is 0.614. The van der Waals surface area contributed by atoms with Crippen LogP contribution in [0.5, 0.6) is 11.5 Å². The molecule has 0 spiro atoms. The number of aryl methyl sites for hydroxylation is 4. The van der Waals surface area contributed by atoms with Gasteiger partial charge in [-0.1, -0.05) is 303 Å². The maximum Gasteiger partial charge on any atom is 0.140 e. The summed E-state index contributed by atoms with van der Waals surface area (Å²) in [7, 11) is 0. The number of rotatable bonds is 27. The van der Waals surface area contributed by atoms with E-state index in [4.69, 9.17) is 15.9 Å². The third-order valence-corrected chi connectivity index (χ3v) is 20.4. The van der Waals surface area contributed by atoms with Crippen LogP contribution >= 0.6 is 0 Å². The average Bonchev–Trinajstić information content (AvgIpc) is 0.704. The summed E-state index contributed by atoms with van der Waals surface area (Å²) >= 11 is 0. The van der Waals surface area contributed by atoms with Gasteiger partial charge in [0, 0.05) is 23.7 Å². The van der Waals surface area contributed by atoms with Gasteiger partial charge in [-0.2, -0.15) is 0 Å². The molecule has 13 aromatic rings. The molecule has 13 aromatic carbocycles. The SMILES string of the molecule is C#CC#CC#CC#CC#COc1ccc(-c2c3ccccc3c(-c3c4ccc(-c5ccc(-c6ccc(C)cc6CCCCCC)c(CCCCCC)c5)cc4c(-c4c5ccccc5c(-c5ccc(OCCCCCCCCCC)cc5)c5ccccc45)c4ccc(C)cc34)c3ccccc23)cc1. The molecule has 13 rings (SSSR count). The van der Waals surface area contributed by atoms with Gasteiger partial charge in [0.05, 0.1) is 6.61 Å². The fourth-order valence-electron chi connectivity index (χ4n) is 15.5. The Kier molecular flexibility index (Phi) is 23.0. The summed E-state index contributed by atoms with van der Waals surface area (Å²) in [5, 5.41) is 14.4. The van der Waals surface area contributed by atoms with E-state index in [0.29, 0.717) is 5.75 Å². The van der Waals surface area contributed by atoms with Crippen LogP contribution in [0.3, 0.4) is 0 Å². The molecule has 0 fully saturated rings. The van der Waals surface area contributed by atoms with Crippen LogP contribution in [0.1, 0.15) is 146 Å². The van der Waals surface area contributed by atoms with E-state index in [1.54, 1.807) is 0 Å². The van der Waals surface area contributed by atoms with E-state index in [9.17, 15) is 0 Å². The molecule has 0 aromatic heterocycles. The smallest absolute Gasteiger partial charge is 0.140 e. The number of unbranched alkanes of at least 4 members (excludes halogenated alkanes) is 13. The van der Waals surface area contributed by atoms with Crippen molar-refractivity contribution in [1.29, 1.82) is 0 Å². The molecule has 0 saturated heterocycles. The van der Waals surface area contributed by atoms with Crippen molar-refractivity contribution in [3.8, 4) is 138 Å². The first kappa shape index (κ1) is 69.3. The fraction of sp³-hybridized carbons (Fsp3) is 0.240. The molecule has 0 saturated carbocycles. The summed E-state index contributed by atoms with van der Waals surface area (Å²) in [6.45, 7) is 12.1. The van der Waals surface area contributed by atoms with Crippen LogP contribution < -0.4 is 9.47 Å². The molecule has 0 atom stereocenters. The molecule has 0 unspecified atom stereocenters. The number of benzene rings is 13. The lowest BCUT2D eigenvalue weighted by atomic mass is 9.78. The van der Waals surface area contributed by atoms with E-state index >= 15 is 0 Å². The minimum absolute atomic E-state index is 0.614. The topological polar surface area (TPSA) is 18.5 Å². The van der Waals surface area contributed by atoms with Crippen LogP contribution in [-0.2, 0) is 12.8 Å². The number of fused-ring (bicyclic) bond motifs is 6. The standard InChI is InChI=1S/C100H90O2/c1-7-11-15-19-21-23-25-37-65-101-79-57-51-73(52-58-79)95-83-41-29-33-45-87(83)97(88-46-34-30-42-84(88)95)99-92-64-56-76(75-55-63-82(78(69-75)40-28-18-14-10-4)81-61-49-71(5)67-77(81)39-27-17-13-9-3)70-94(92)100(91-62-50-72(6)68-93(91)99)98-89-47-35-31-43-85(89)96(86-44-32-36-48-90(86)98)74-53-59-80(60-54-74)102-66-38-26-24-22-20-16-12-8-2/h1,29-36,41-64,67-70H,8-10,12-14,16-18,20,22,24,26-28,38-40,66H2,2-6H3. The van der Waals surface area contributed by atoms with Gasteiger partial charge in [-0.25, -0.2) is 0 Å². The van der Waals surface area contributed by atoms with E-state index in [0.717, 1.165) is 59.9 Å². The van der Waals surface area contributed by atoms with Crippen molar-refractivity contribution in [3.63, 3.8) is 0 Å². The predicted molar refractivity (Wildman–Crippen MR) is 438 cm³/mol. The summed E-state index contributed by atoms with van der Waals surface area (Å²) in [5.74, 6) is 22.1. The summed E-state index contributed by atoms with van der Waals surface area (Å²) in [6, 6.07) is 82.8. The molecule has 102 heavy (non-hydrogen) atoms. The highest BCUT2D eigenvalue weighted by atomic mass is 16.5. The van der Waals surface area contributed by atoms with E-state index in [1.807, 2.05) is 12.1 Å². The minimum Gasteiger partial charge on any atom is -0.494 e. The Balaban J connectivity index is 1.02. The number of terminal acetylenes is 1. The van der Waals surface area contributed by atoms with Crippen molar-refractivity contribution in [3.05, 3.63) is 241 Å². The second-order valence-electron chi connectivity index (χ2n) is 27.5. The highest BCUT2D eigenvalue weighted by Crippen LogP contribution is 2.54. The van der Waals surface area contributed by atoms with Crippen LogP contribution in [0.2, 0.25) is 0 Å². The lowest BCUT2D eigenvalue weighted by molar-refractivity contribution is 0.304. The zero-order chi connectivity index (χ0) is 70.0. The number of ether oxygens (including phenoxy) is 2. The second-order valence-corrected chi connectivity index (χ2v) is 27.5. The molecule has 502 valence electrons.